The van der Waals surface area contributed by atoms with Crippen molar-refractivity contribution < 1.29 is 4.79 Å². The Morgan fingerprint density at radius 3 is 2.56 bits per heavy atom. The molecule has 2 aromatic rings. The lowest BCUT2D eigenvalue weighted by molar-refractivity contribution is 0.0937. The van der Waals surface area contributed by atoms with E-state index in [1.807, 2.05) is 24.3 Å². The topological polar surface area (TPSA) is 72.9 Å². The second kappa shape index (κ2) is 5.46. The molecule has 0 bridgehead atoms. The number of carbonyl (C=O) groups excluding carboxylic acids is 1. The minimum Gasteiger partial charge on any atom is -0.345 e. The number of benzene rings is 1. The molecule has 94 valence electrons. The number of nitrogens with zero attached hydrogens (tertiary/aromatic N) is 2. The van der Waals surface area contributed by atoms with Gasteiger partial charge in [0.1, 0.15) is 0 Å². The molecule has 0 saturated carbocycles. The van der Waals surface area contributed by atoms with Crippen molar-refractivity contribution in [1.82, 2.24) is 14.9 Å². The van der Waals surface area contributed by atoms with E-state index in [4.69, 9.17) is 5.73 Å². The maximum Gasteiger partial charge on any atom is 0.287 e. The van der Waals surface area contributed by atoms with Crippen LogP contribution in [0.5, 0.6) is 0 Å². The largest absolute Gasteiger partial charge is 0.345 e. The quantitative estimate of drug-likeness (QED) is 0.836. The van der Waals surface area contributed by atoms with Gasteiger partial charge in [0, 0.05) is 32.5 Å². The van der Waals surface area contributed by atoms with Crippen molar-refractivity contribution in [3.8, 4) is 0 Å². The maximum absolute atomic E-state index is 11.8. The van der Waals surface area contributed by atoms with Crippen LogP contribution < -0.4 is 11.1 Å². The Balaban J connectivity index is 1.95. The Labute approximate surface area is 106 Å². The summed E-state index contributed by atoms with van der Waals surface area (Å²) in [5.74, 6) is 0.235. The zero-order valence-electron chi connectivity index (χ0n) is 10.3. The number of nitrogens with two attached hydrogens (primary N) is 1. The fourth-order valence-electron chi connectivity index (χ4n) is 1.64. The molecule has 1 heterocycles. The van der Waals surface area contributed by atoms with Gasteiger partial charge in [-0.3, -0.25) is 4.79 Å². The predicted molar refractivity (Wildman–Crippen MR) is 68.7 cm³/mol. The lowest BCUT2D eigenvalue weighted by Crippen LogP contribution is -2.25. The van der Waals surface area contributed by atoms with Gasteiger partial charge in [0.2, 0.25) is 0 Å². The summed E-state index contributed by atoms with van der Waals surface area (Å²) in [5.41, 5.74) is 7.64. The van der Waals surface area contributed by atoms with Gasteiger partial charge in [-0.15, -0.1) is 0 Å². The SMILES string of the molecule is Cn1ccnc1C(=O)NCc1ccc(CN)cc1. The Bertz CT molecular complexity index is 530. The highest BCUT2D eigenvalue weighted by Crippen LogP contribution is 2.04. The highest BCUT2D eigenvalue weighted by atomic mass is 16.2. The van der Waals surface area contributed by atoms with Gasteiger partial charge >= 0.3 is 0 Å². The van der Waals surface area contributed by atoms with Crippen molar-refractivity contribution in [2.45, 2.75) is 13.1 Å². The molecule has 1 aromatic carbocycles. The van der Waals surface area contributed by atoms with Crippen LogP contribution in [0.1, 0.15) is 21.7 Å². The second-order valence-electron chi connectivity index (χ2n) is 4.07. The number of rotatable bonds is 4. The number of imidazole rings is 1. The summed E-state index contributed by atoms with van der Waals surface area (Å²) in [7, 11) is 1.79. The van der Waals surface area contributed by atoms with E-state index in [9.17, 15) is 4.79 Å². The smallest absolute Gasteiger partial charge is 0.287 e. The molecular formula is C13H16N4O. The number of aromatic nitrogens is 2. The molecule has 3 N–H and O–H groups in total. The van der Waals surface area contributed by atoms with Crippen LogP contribution in [0.25, 0.3) is 0 Å². The molecule has 0 aliphatic heterocycles. The summed E-state index contributed by atoms with van der Waals surface area (Å²) < 4.78 is 1.69. The third-order valence-electron chi connectivity index (χ3n) is 2.74. The average molecular weight is 244 g/mol. The standard InChI is InChI=1S/C13H16N4O/c1-17-7-6-15-12(17)13(18)16-9-11-4-2-10(8-14)3-5-11/h2-7H,8-9,14H2,1H3,(H,16,18). The Morgan fingerprint density at radius 2 is 2.00 bits per heavy atom. The van der Waals surface area contributed by atoms with Crippen molar-refractivity contribution in [3.05, 3.63) is 53.6 Å². The van der Waals surface area contributed by atoms with Gasteiger partial charge in [-0.2, -0.15) is 0 Å². The van der Waals surface area contributed by atoms with Gasteiger partial charge in [-0.25, -0.2) is 4.98 Å². The van der Waals surface area contributed by atoms with Crippen LogP contribution in [0, 0.1) is 0 Å². The molecule has 1 aromatic heterocycles. The van der Waals surface area contributed by atoms with E-state index in [0.29, 0.717) is 18.9 Å². The summed E-state index contributed by atoms with van der Waals surface area (Å²) in [6.45, 7) is 1.01. The van der Waals surface area contributed by atoms with Crippen molar-refractivity contribution in [2.75, 3.05) is 0 Å². The van der Waals surface area contributed by atoms with Crippen molar-refractivity contribution in [2.24, 2.45) is 12.8 Å². The highest BCUT2D eigenvalue weighted by Gasteiger charge is 2.09. The van der Waals surface area contributed by atoms with Crippen molar-refractivity contribution in [1.29, 1.82) is 0 Å². The number of aryl methyl sites for hydroxylation is 1. The third kappa shape index (κ3) is 2.75. The number of hydrogen-bond donors (Lipinski definition) is 2. The van der Waals surface area contributed by atoms with E-state index in [-0.39, 0.29) is 5.91 Å². The van der Waals surface area contributed by atoms with Crippen LogP contribution in [-0.2, 0) is 20.1 Å². The van der Waals surface area contributed by atoms with Crippen LogP contribution >= 0.6 is 0 Å². The number of amides is 1. The first kappa shape index (κ1) is 12.3. The first-order chi connectivity index (χ1) is 8.70. The molecule has 0 aliphatic carbocycles. The molecule has 0 radical (unpaired) electrons. The lowest BCUT2D eigenvalue weighted by Gasteiger charge is -2.06. The predicted octanol–water partition coefficient (Wildman–Crippen LogP) is 0.809. The van der Waals surface area contributed by atoms with Gasteiger partial charge in [0.05, 0.1) is 0 Å². The number of hydrogen-bond acceptors (Lipinski definition) is 3. The van der Waals surface area contributed by atoms with Crippen LogP contribution in [-0.4, -0.2) is 15.5 Å². The third-order valence-corrected chi connectivity index (χ3v) is 2.74. The van der Waals surface area contributed by atoms with Gasteiger partial charge < -0.3 is 15.6 Å². The van der Waals surface area contributed by atoms with Crippen LogP contribution in [0.3, 0.4) is 0 Å². The monoisotopic (exact) mass is 244 g/mol. The first-order valence-corrected chi connectivity index (χ1v) is 5.74. The van der Waals surface area contributed by atoms with E-state index in [0.717, 1.165) is 11.1 Å². The second-order valence-corrected chi connectivity index (χ2v) is 4.07. The molecule has 0 spiro atoms. The Kier molecular flexibility index (Phi) is 3.74. The van der Waals surface area contributed by atoms with Crippen molar-refractivity contribution in [3.63, 3.8) is 0 Å². The average Bonchev–Trinajstić information content (AvgIpc) is 2.83. The van der Waals surface area contributed by atoms with Crippen LogP contribution in [0.4, 0.5) is 0 Å². The zero-order chi connectivity index (χ0) is 13.0. The minimum absolute atomic E-state index is 0.176. The molecule has 5 nitrogen and oxygen atoms in total. The lowest BCUT2D eigenvalue weighted by atomic mass is 10.1. The molecule has 1 amide bonds. The highest BCUT2D eigenvalue weighted by molar-refractivity contribution is 5.90. The van der Waals surface area contributed by atoms with Gasteiger partial charge in [-0.1, -0.05) is 24.3 Å². The van der Waals surface area contributed by atoms with E-state index < -0.39 is 0 Å². The Morgan fingerprint density at radius 1 is 1.33 bits per heavy atom. The normalized spacial score (nSPS) is 10.3. The zero-order valence-corrected chi connectivity index (χ0v) is 10.3. The summed E-state index contributed by atoms with van der Waals surface area (Å²) in [6, 6.07) is 7.84. The fourth-order valence-corrected chi connectivity index (χ4v) is 1.64. The van der Waals surface area contributed by atoms with Crippen LogP contribution in [0.2, 0.25) is 0 Å². The first-order valence-electron chi connectivity index (χ1n) is 5.74. The number of carbonyl (C=O) groups is 1. The van der Waals surface area contributed by atoms with Gasteiger partial charge in [-0.05, 0) is 11.1 Å². The Hall–Kier alpha value is -2.14. The molecule has 0 unspecified atom stereocenters. The molecule has 0 saturated heterocycles. The van der Waals surface area contributed by atoms with Gasteiger partial charge in [0.15, 0.2) is 5.82 Å². The van der Waals surface area contributed by atoms with E-state index in [1.54, 1.807) is 24.0 Å². The fraction of sp³-hybridized carbons (Fsp3) is 0.231. The molecule has 5 heteroatoms. The maximum atomic E-state index is 11.8. The molecule has 18 heavy (non-hydrogen) atoms. The van der Waals surface area contributed by atoms with Crippen LogP contribution in [0.15, 0.2) is 36.7 Å². The summed E-state index contributed by atoms with van der Waals surface area (Å²) in [5, 5.41) is 2.83. The van der Waals surface area contributed by atoms with E-state index in [2.05, 4.69) is 10.3 Å². The van der Waals surface area contributed by atoms with E-state index in [1.165, 1.54) is 0 Å². The summed E-state index contributed by atoms with van der Waals surface area (Å²) in [4.78, 5) is 15.8. The molecular weight excluding hydrogens is 228 g/mol. The minimum atomic E-state index is -0.176. The summed E-state index contributed by atoms with van der Waals surface area (Å²) >= 11 is 0. The molecule has 0 atom stereocenters. The summed E-state index contributed by atoms with van der Waals surface area (Å²) in [6.07, 6.45) is 3.34. The molecule has 2 rings (SSSR count). The number of nitrogens with one attached hydrogen (secondary N) is 1. The van der Waals surface area contributed by atoms with Crippen molar-refractivity contribution >= 4 is 5.91 Å². The van der Waals surface area contributed by atoms with E-state index >= 15 is 0 Å². The molecule has 0 fully saturated rings. The molecule has 0 aliphatic rings. The van der Waals surface area contributed by atoms with Gasteiger partial charge in [0.25, 0.3) is 5.91 Å².